The van der Waals surface area contributed by atoms with Crippen LogP contribution in [0.2, 0.25) is 0 Å². The topological polar surface area (TPSA) is 47.1 Å². The number of nitrogens with zero attached hydrogens (tertiary/aromatic N) is 1. The van der Waals surface area contributed by atoms with Gasteiger partial charge < -0.3 is 14.5 Å². The summed E-state index contributed by atoms with van der Waals surface area (Å²) in [4.78, 5) is 7.46. The van der Waals surface area contributed by atoms with Crippen LogP contribution in [-0.4, -0.2) is 30.3 Å². The summed E-state index contributed by atoms with van der Waals surface area (Å²) in [5, 5.41) is 0. The number of aromatic nitrogens is 2. The fraction of sp³-hybridized carbons (Fsp3) is 0.423. The van der Waals surface area contributed by atoms with Gasteiger partial charge in [0.1, 0.15) is 17.4 Å². The molecule has 1 aromatic heterocycles. The molecule has 1 aliphatic heterocycles. The van der Waals surface area contributed by atoms with Crippen LogP contribution in [0.3, 0.4) is 0 Å². The van der Waals surface area contributed by atoms with E-state index in [2.05, 4.69) is 9.97 Å². The van der Waals surface area contributed by atoms with Gasteiger partial charge in [-0.15, -0.1) is 0 Å². The fourth-order valence-electron chi connectivity index (χ4n) is 6.03. The monoisotopic (exact) mass is 438 g/mol. The maximum absolute atomic E-state index is 14.1. The second kappa shape index (κ2) is 8.66. The maximum Gasteiger partial charge on any atom is 0.123 e. The van der Waals surface area contributed by atoms with Crippen LogP contribution >= 0.6 is 0 Å². The van der Waals surface area contributed by atoms with Crippen LogP contribution in [0.4, 0.5) is 8.78 Å². The molecule has 2 heterocycles. The van der Waals surface area contributed by atoms with Gasteiger partial charge in [0, 0.05) is 23.4 Å². The van der Waals surface area contributed by atoms with E-state index in [1.165, 1.54) is 11.6 Å². The molecule has 4 nitrogen and oxygen atoms in total. The Morgan fingerprint density at radius 3 is 2.72 bits per heavy atom. The third-order valence-corrected chi connectivity index (χ3v) is 7.51. The molecule has 168 valence electrons. The molecular weight excluding hydrogens is 410 g/mol. The lowest BCUT2D eigenvalue weighted by molar-refractivity contribution is -0.0445. The molecule has 1 aliphatic carbocycles. The molecule has 1 saturated carbocycles. The summed E-state index contributed by atoms with van der Waals surface area (Å²) < 4.78 is 39.5. The molecule has 0 amide bonds. The molecule has 4 unspecified atom stereocenters. The minimum absolute atomic E-state index is 0.0512. The highest BCUT2D eigenvalue weighted by atomic mass is 19.1. The lowest BCUT2D eigenvalue weighted by Crippen LogP contribution is -2.40. The number of benzene rings is 2. The van der Waals surface area contributed by atoms with Crippen LogP contribution < -0.4 is 4.74 Å². The summed E-state index contributed by atoms with van der Waals surface area (Å²) in [7, 11) is 1.62. The van der Waals surface area contributed by atoms with Gasteiger partial charge >= 0.3 is 0 Å². The van der Waals surface area contributed by atoms with Crippen molar-refractivity contribution in [2.45, 2.75) is 37.5 Å². The SMILES string of the molecule is COc1ccc(F)cc1C1COCC2(CCC(c3ccc(F)cc3)C2Cc2cnc[nH]2)C1. The van der Waals surface area contributed by atoms with Crippen molar-refractivity contribution in [2.75, 3.05) is 20.3 Å². The molecule has 1 N–H and O–H groups in total. The van der Waals surface area contributed by atoms with E-state index in [1.54, 1.807) is 37.7 Å². The van der Waals surface area contributed by atoms with E-state index in [4.69, 9.17) is 9.47 Å². The van der Waals surface area contributed by atoms with Crippen molar-refractivity contribution in [3.63, 3.8) is 0 Å². The van der Waals surface area contributed by atoms with E-state index >= 15 is 0 Å². The molecule has 6 heteroatoms. The first-order valence-electron chi connectivity index (χ1n) is 11.2. The molecule has 32 heavy (non-hydrogen) atoms. The molecule has 0 radical (unpaired) electrons. The predicted molar refractivity (Wildman–Crippen MR) is 118 cm³/mol. The van der Waals surface area contributed by atoms with Gasteiger partial charge in [-0.05, 0) is 78.8 Å². The number of methoxy groups -OCH3 is 1. The number of rotatable bonds is 5. The Morgan fingerprint density at radius 1 is 1.16 bits per heavy atom. The van der Waals surface area contributed by atoms with Crippen LogP contribution in [0.25, 0.3) is 0 Å². The Hall–Kier alpha value is -2.73. The first-order chi connectivity index (χ1) is 15.6. The Balaban J connectivity index is 1.49. The molecule has 2 aromatic carbocycles. The van der Waals surface area contributed by atoms with Crippen LogP contribution in [-0.2, 0) is 11.2 Å². The van der Waals surface area contributed by atoms with E-state index in [0.29, 0.717) is 30.8 Å². The van der Waals surface area contributed by atoms with E-state index in [9.17, 15) is 8.78 Å². The quantitative estimate of drug-likeness (QED) is 0.562. The highest BCUT2D eigenvalue weighted by molar-refractivity contribution is 5.38. The first kappa shape index (κ1) is 21.1. The summed E-state index contributed by atoms with van der Waals surface area (Å²) in [5.41, 5.74) is 3.08. The Morgan fingerprint density at radius 2 is 1.97 bits per heavy atom. The number of halogens is 2. The summed E-state index contributed by atoms with van der Waals surface area (Å²) in [6.07, 6.45) is 7.37. The van der Waals surface area contributed by atoms with Crippen molar-refractivity contribution in [3.8, 4) is 5.75 Å². The zero-order valence-corrected chi connectivity index (χ0v) is 18.2. The van der Waals surface area contributed by atoms with E-state index in [1.807, 2.05) is 18.3 Å². The number of hydrogen-bond donors (Lipinski definition) is 1. The van der Waals surface area contributed by atoms with Crippen molar-refractivity contribution in [2.24, 2.45) is 11.3 Å². The van der Waals surface area contributed by atoms with Crippen LogP contribution in [0, 0.1) is 23.0 Å². The Labute approximate surface area is 187 Å². The fourth-order valence-corrected chi connectivity index (χ4v) is 6.03. The minimum Gasteiger partial charge on any atom is -0.496 e. The zero-order chi connectivity index (χ0) is 22.1. The van der Waals surface area contributed by atoms with Crippen molar-refractivity contribution >= 4 is 0 Å². The number of H-pyrrole nitrogens is 1. The highest BCUT2D eigenvalue weighted by Gasteiger charge is 2.51. The van der Waals surface area contributed by atoms with Crippen molar-refractivity contribution < 1.29 is 18.3 Å². The summed E-state index contributed by atoms with van der Waals surface area (Å²) >= 11 is 0. The standard InChI is InChI=1S/C26H28F2N2O2/c1-31-25-7-6-20(28)10-23(25)18-12-26(15-32-14-18)9-8-22(17-2-4-19(27)5-3-17)24(26)11-21-13-29-16-30-21/h2-7,10,13,16,18,22,24H,8-9,11-12,14-15H2,1H3,(H,29,30). The number of ether oxygens (including phenoxy) is 2. The van der Waals surface area contributed by atoms with E-state index < -0.39 is 0 Å². The van der Waals surface area contributed by atoms with Crippen LogP contribution in [0.5, 0.6) is 5.75 Å². The van der Waals surface area contributed by atoms with Crippen molar-refractivity contribution in [1.82, 2.24) is 9.97 Å². The predicted octanol–water partition coefficient (Wildman–Crippen LogP) is 5.62. The van der Waals surface area contributed by atoms with Crippen LogP contribution in [0.15, 0.2) is 55.0 Å². The lowest BCUT2D eigenvalue weighted by Gasteiger charge is -2.44. The zero-order valence-electron chi connectivity index (χ0n) is 18.2. The molecule has 2 aliphatic rings. The Kier molecular flexibility index (Phi) is 5.72. The molecule has 3 aromatic rings. The van der Waals surface area contributed by atoms with Gasteiger partial charge in [0.25, 0.3) is 0 Å². The summed E-state index contributed by atoms with van der Waals surface area (Å²) in [5.74, 6) is 0.892. The number of hydrogen-bond acceptors (Lipinski definition) is 3. The van der Waals surface area contributed by atoms with Crippen molar-refractivity contribution in [3.05, 3.63) is 83.4 Å². The highest BCUT2D eigenvalue weighted by Crippen LogP contribution is 2.58. The molecule has 4 atom stereocenters. The van der Waals surface area contributed by atoms with Gasteiger partial charge in [0.05, 0.1) is 26.7 Å². The average Bonchev–Trinajstić information content (AvgIpc) is 3.44. The summed E-state index contributed by atoms with van der Waals surface area (Å²) in [6.45, 7) is 1.23. The normalized spacial score (nSPS) is 27.7. The lowest BCUT2D eigenvalue weighted by atomic mass is 9.66. The van der Waals surface area contributed by atoms with Gasteiger partial charge in [-0.3, -0.25) is 0 Å². The molecule has 5 rings (SSSR count). The van der Waals surface area contributed by atoms with Gasteiger partial charge in [0.15, 0.2) is 0 Å². The van der Waals surface area contributed by atoms with Gasteiger partial charge in [0.2, 0.25) is 0 Å². The van der Waals surface area contributed by atoms with E-state index in [0.717, 1.165) is 36.9 Å². The van der Waals surface area contributed by atoms with Gasteiger partial charge in [-0.1, -0.05) is 12.1 Å². The number of imidazole rings is 1. The molecule has 0 bridgehead atoms. The minimum atomic E-state index is -0.259. The first-order valence-corrected chi connectivity index (χ1v) is 11.2. The van der Waals surface area contributed by atoms with Gasteiger partial charge in [-0.2, -0.15) is 0 Å². The molecular formula is C26H28F2N2O2. The molecule has 1 spiro atoms. The molecule has 2 fully saturated rings. The second-order valence-corrected chi connectivity index (χ2v) is 9.25. The van der Waals surface area contributed by atoms with E-state index in [-0.39, 0.29) is 23.0 Å². The average molecular weight is 439 g/mol. The largest absolute Gasteiger partial charge is 0.496 e. The van der Waals surface area contributed by atoms with Crippen molar-refractivity contribution in [1.29, 1.82) is 0 Å². The maximum atomic E-state index is 14.1. The van der Waals surface area contributed by atoms with Gasteiger partial charge in [-0.25, -0.2) is 13.8 Å². The smallest absolute Gasteiger partial charge is 0.123 e. The van der Waals surface area contributed by atoms with Crippen LogP contribution in [0.1, 0.15) is 47.9 Å². The number of aromatic amines is 1. The summed E-state index contributed by atoms with van der Waals surface area (Å²) in [6, 6.07) is 11.6. The Bertz CT molecular complexity index is 1050. The third-order valence-electron chi connectivity index (χ3n) is 7.51. The second-order valence-electron chi connectivity index (χ2n) is 9.25. The third kappa shape index (κ3) is 3.92. The molecule has 1 saturated heterocycles. The number of nitrogens with one attached hydrogen (secondary N) is 1.